The zero-order valence-corrected chi connectivity index (χ0v) is 10.3. The summed E-state index contributed by atoms with van der Waals surface area (Å²) >= 11 is 0. The number of para-hydroxylation sites is 1. The number of aliphatic carboxylic acids is 1. The van der Waals surface area contributed by atoms with Gasteiger partial charge in [0.2, 0.25) is 0 Å². The lowest BCUT2D eigenvalue weighted by molar-refractivity contribution is -0.136. The molecule has 0 amide bonds. The van der Waals surface area contributed by atoms with Crippen molar-refractivity contribution in [2.75, 3.05) is 0 Å². The molecule has 96 valence electrons. The summed E-state index contributed by atoms with van der Waals surface area (Å²) in [5.41, 5.74) is 3.06. The number of rotatable bonds is 3. The molecular formula is C14H12N2O3. The molecule has 2 heterocycles. The summed E-state index contributed by atoms with van der Waals surface area (Å²) in [5, 5.41) is 14.2. The predicted octanol–water partition coefficient (Wildman–Crippen LogP) is 2.46. The molecule has 1 N–H and O–H groups in total. The fourth-order valence-electron chi connectivity index (χ4n) is 2.13. The number of benzene rings is 1. The number of fused-ring (bicyclic) bond motifs is 1. The summed E-state index contributed by atoms with van der Waals surface area (Å²) in [6, 6.07) is 9.47. The molecule has 5 nitrogen and oxygen atoms in total. The number of hydrogen-bond acceptors (Lipinski definition) is 3. The number of furan rings is 1. The Kier molecular flexibility index (Phi) is 2.59. The third-order valence-electron chi connectivity index (χ3n) is 3.07. The van der Waals surface area contributed by atoms with Gasteiger partial charge < -0.3 is 9.52 Å². The second kappa shape index (κ2) is 4.28. The third-order valence-corrected chi connectivity index (χ3v) is 3.07. The van der Waals surface area contributed by atoms with Gasteiger partial charge in [0.1, 0.15) is 11.8 Å². The number of nitrogens with zero attached hydrogens (tertiary/aromatic N) is 2. The molecule has 0 unspecified atom stereocenters. The first-order valence-electron chi connectivity index (χ1n) is 5.86. The Morgan fingerprint density at radius 1 is 1.42 bits per heavy atom. The van der Waals surface area contributed by atoms with E-state index in [1.54, 1.807) is 24.1 Å². The van der Waals surface area contributed by atoms with Crippen molar-refractivity contribution >= 4 is 16.9 Å². The van der Waals surface area contributed by atoms with Crippen LogP contribution in [0.1, 0.15) is 5.69 Å². The Bertz CT molecular complexity index is 755. The molecule has 0 aliphatic heterocycles. The van der Waals surface area contributed by atoms with E-state index in [0.717, 1.165) is 22.2 Å². The van der Waals surface area contributed by atoms with E-state index >= 15 is 0 Å². The quantitative estimate of drug-likeness (QED) is 0.781. The number of hydrogen-bond donors (Lipinski definition) is 1. The highest BCUT2D eigenvalue weighted by atomic mass is 16.4. The number of carbonyl (C=O) groups is 1. The zero-order chi connectivity index (χ0) is 13.4. The largest absolute Gasteiger partial charge is 0.481 e. The Morgan fingerprint density at radius 2 is 2.21 bits per heavy atom. The highest BCUT2D eigenvalue weighted by Gasteiger charge is 2.14. The van der Waals surface area contributed by atoms with Gasteiger partial charge in [0.05, 0.1) is 12.1 Å². The van der Waals surface area contributed by atoms with Crippen molar-refractivity contribution in [2.24, 2.45) is 7.05 Å². The first-order valence-corrected chi connectivity index (χ1v) is 5.86. The third kappa shape index (κ3) is 1.99. The highest BCUT2D eigenvalue weighted by Crippen LogP contribution is 2.29. The van der Waals surface area contributed by atoms with Crippen molar-refractivity contribution in [1.82, 2.24) is 9.78 Å². The van der Waals surface area contributed by atoms with Gasteiger partial charge in [0.25, 0.3) is 0 Å². The first-order chi connectivity index (χ1) is 9.15. The number of carboxylic acids is 1. The Morgan fingerprint density at radius 3 is 3.00 bits per heavy atom. The summed E-state index contributed by atoms with van der Waals surface area (Å²) in [6.45, 7) is 0. The SMILES string of the molecule is Cn1nc(-c2coc3ccccc23)cc1CC(=O)O. The van der Waals surface area contributed by atoms with Crippen molar-refractivity contribution in [3.05, 3.63) is 42.3 Å². The predicted molar refractivity (Wildman–Crippen MR) is 69.8 cm³/mol. The lowest BCUT2D eigenvalue weighted by Crippen LogP contribution is -2.05. The number of aryl methyl sites for hydroxylation is 1. The lowest BCUT2D eigenvalue weighted by atomic mass is 10.1. The van der Waals surface area contributed by atoms with Gasteiger partial charge in [-0.3, -0.25) is 9.48 Å². The minimum atomic E-state index is -0.869. The van der Waals surface area contributed by atoms with E-state index < -0.39 is 5.97 Å². The van der Waals surface area contributed by atoms with Crippen LogP contribution in [0.3, 0.4) is 0 Å². The highest BCUT2D eigenvalue weighted by molar-refractivity contribution is 5.92. The molecule has 0 saturated heterocycles. The van der Waals surface area contributed by atoms with E-state index in [4.69, 9.17) is 9.52 Å². The standard InChI is InChI=1S/C14H12N2O3/c1-16-9(7-14(17)18)6-12(15-16)11-8-19-13-5-3-2-4-10(11)13/h2-6,8H,7H2,1H3,(H,17,18). The molecule has 0 aliphatic rings. The van der Waals surface area contributed by atoms with Crippen LogP contribution in [0.15, 0.2) is 41.0 Å². The van der Waals surface area contributed by atoms with Crippen molar-refractivity contribution in [2.45, 2.75) is 6.42 Å². The normalized spacial score (nSPS) is 11.0. The summed E-state index contributed by atoms with van der Waals surface area (Å²) in [6.07, 6.45) is 1.61. The number of carboxylic acid groups (broad SMARTS) is 1. The van der Waals surface area contributed by atoms with Gasteiger partial charge in [-0.1, -0.05) is 18.2 Å². The van der Waals surface area contributed by atoms with E-state index in [1.165, 1.54) is 0 Å². The minimum absolute atomic E-state index is 0.0424. The molecular weight excluding hydrogens is 244 g/mol. The molecule has 5 heteroatoms. The van der Waals surface area contributed by atoms with Gasteiger partial charge in [-0.15, -0.1) is 0 Å². The van der Waals surface area contributed by atoms with Crippen LogP contribution in [0, 0.1) is 0 Å². The summed E-state index contributed by atoms with van der Waals surface area (Å²) in [5.74, 6) is -0.869. The van der Waals surface area contributed by atoms with Gasteiger partial charge in [-0.25, -0.2) is 0 Å². The van der Waals surface area contributed by atoms with Crippen LogP contribution in [0.25, 0.3) is 22.2 Å². The summed E-state index contributed by atoms with van der Waals surface area (Å²) in [4.78, 5) is 10.8. The number of aromatic nitrogens is 2. The van der Waals surface area contributed by atoms with Gasteiger partial charge in [-0.2, -0.15) is 5.10 Å². The Labute approximate surface area is 109 Å². The van der Waals surface area contributed by atoms with E-state index in [9.17, 15) is 4.79 Å². The average Bonchev–Trinajstić information content (AvgIpc) is 2.93. The van der Waals surface area contributed by atoms with Gasteiger partial charge in [-0.05, 0) is 12.1 Å². The van der Waals surface area contributed by atoms with Crippen LogP contribution in [-0.4, -0.2) is 20.9 Å². The second-order valence-corrected chi connectivity index (χ2v) is 4.36. The van der Waals surface area contributed by atoms with Crippen LogP contribution in [0.2, 0.25) is 0 Å². The van der Waals surface area contributed by atoms with Crippen LogP contribution in [0.4, 0.5) is 0 Å². The van der Waals surface area contributed by atoms with Crippen LogP contribution < -0.4 is 0 Å². The van der Waals surface area contributed by atoms with Crippen molar-refractivity contribution < 1.29 is 14.3 Å². The average molecular weight is 256 g/mol. The maximum Gasteiger partial charge on any atom is 0.309 e. The van der Waals surface area contributed by atoms with Crippen molar-refractivity contribution in [3.8, 4) is 11.3 Å². The van der Waals surface area contributed by atoms with E-state index in [-0.39, 0.29) is 6.42 Å². The Hall–Kier alpha value is -2.56. The molecule has 2 aromatic heterocycles. The maximum atomic E-state index is 10.8. The van der Waals surface area contributed by atoms with Crippen LogP contribution in [-0.2, 0) is 18.3 Å². The molecule has 0 saturated carbocycles. The molecule has 19 heavy (non-hydrogen) atoms. The molecule has 0 spiro atoms. The van der Waals surface area contributed by atoms with Gasteiger partial charge in [0, 0.05) is 23.7 Å². The van der Waals surface area contributed by atoms with Gasteiger partial charge >= 0.3 is 5.97 Å². The molecule has 0 fully saturated rings. The fourth-order valence-corrected chi connectivity index (χ4v) is 2.13. The van der Waals surface area contributed by atoms with E-state index in [0.29, 0.717) is 5.69 Å². The molecule has 1 aromatic carbocycles. The molecule has 0 radical (unpaired) electrons. The summed E-state index contributed by atoms with van der Waals surface area (Å²) < 4.78 is 7.06. The Balaban J connectivity index is 2.09. The summed E-state index contributed by atoms with van der Waals surface area (Å²) in [7, 11) is 1.74. The van der Waals surface area contributed by atoms with Crippen LogP contribution in [0.5, 0.6) is 0 Å². The second-order valence-electron chi connectivity index (χ2n) is 4.36. The molecule has 0 aliphatic carbocycles. The topological polar surface area (TPSA) is 68.3 Å². The smallest absolute Gasteiger partial charge is 0.309 e. The van der Waals surface area contributed by atoms with E-state index in [1.807, 2.05) is 24.3 Å². The monoisotopic (exact) mass is 256 g/mol. The van der Waals surface area contributed by atoms with Crippen molar-refractivity contribution in [1.29, 1.82) is 0 Å². The van der Waals surface area contributed by atoms with Crippen molar-refractivity contribution in [3.63, 3.8) is 0 Å². The molecule has 0 bridgehead atoms. The molecule has 0 atom stereocenters. The van der Waals surface area contributed by atoms with Gasteiger partial charge in [0.15, 0.2) is 0 Å². The maximum absolute atomic E-state index is 10.8. The van der Waals surface area contributed by atoms with Crippen LogP contribution >= 0.6 is 0 Å². The lowest BCUT2D eigenvalue weighted by Gasteiger charge is -1.94. The first kappa shape index (κ1) is 11.5. The minimum Gasteiger partial charge on any atom is -0.481 e. The molecule has 3 rings (SSSR count). The molecule has 3 aromatic rings. The van der Waals surface area contributed by atoms with E-state index in [2.05, 4.69) is 5.10 Å². The zero-order valence-electron chi connectivity index (χ0n) is 10.3. The fraction of sp³-hybridized carbons (Fsp3) is 0.143.